The Morgan fingerprint density at radius 3 is 2.38 bits per heavy atom. The third kappa shape index (κ3) is 6.38. The quantitative estimate of drug-likeness (QED) is 0.585. The average Bonchev–Trinajstić information content (AvgIpc) is 2.27. The molecular formula is C12H25NO2S. The largest absolute Gasteiger partial charge is 0.466 e. The number of hydrogen-bond acceptors (Lipinski definition) is 4. The maximum atomic E-state index is 11.5. The van der Waals surface area contributed by atoms with E-state index in [0.717, 1.165) is 25.3 Å². The minimum atomic E-state index is -0.0690. The van der Waals surface area contributed by atoms with E-state index in [1.165, 1.54) is 0 Å². The molecule has 0 aliphatic rings. The van der Waals surface area contributed by atoms with Gasteiger partial charge in [0, 0.05) is 6.04 Å². The van der Waals surface area contributed by atoms with Gasteiger partial charge < -0.3 is 9.64 Å². The molecule has 0 aliphatic carbocycles. The van der Waals surface area contributed by atoms with Crippen LogP contribution in [0.5, 0.6) is 0 Å². The Labute approximate surface area is 104 Å². The summed E-state index contributed by atoms with van der Waals surface area (Å²) in [6.45, 7) is 8.60. The molecular weight excluding hydrogens is 222 g/mol. The molecule has 0 aromatic carbocycles. The van der Waals surface area contributed by atoms with E-state index in [1.807, 2.05) is 18.7 Å². The molecule has 96 valence electrons. The number of hydrogen-bond donors (Lipinski definition) is 0. The number of rotatable bonds is 9. The van der Waals surface area contributed by atoms with Crippen molar-refractivity contribution in [2.75, 3.05) is 31.7 Å². The third-order valence-corrected chi connectivity index (χ3v) is 3.34. The van der Waals surface area contributed by atoms with Gasteiger partial charge in [0.1, 0.15) is 0 Å². The first-order valence-electron chi connectivity index (χ1n) is 6.08. The lowest BCUT2D eigenvalue weighted by molar-refractivity contribution is -0.144. The lowest BCUT2D eigenvalue weighted by Gasteiger charge is -2.28. The van der Waals surface area contributed by atoms with E-state index in [0.29, 0.717) is 19.1 Å². The van der Waals surface area contributed by atoms with Crippen LogP contribution in [0.15, 0.2) is 0 Å². The number of thioether (sulfide) groups is 1. The Kier molecular flexibility index (Phi) is 9.83. The molecule has 1 atom stereocenters. The second-order valence-electron chi connectivity index (χ2n) is 3.67. The lowest BCUT2D eigenvalue weighted by Crippen LogP contribution is -2.37. The highest BCUT2D eigenvalue weighted by Gasteiger charge is 2.19. The Morgan fingerprint density at radius 2 is 1.94 bits per heavy atom. The topological polar surface area (TPSA) is 29.5 Å². The van der Waals surface area contributed by atoms with Crippen molar-refractivity contribution < 1.29 is 9.53 Å². The molecule has 0 aromatic heterocycles. The first kappa shape index (κ1) is 15.8. The molecule has 16 heavy (non-hydrogen) atoms. The van der Waals surface area contributed by atoms with E-state index >= 15 is 0 Å². The molecule has 0 bridgehead atoms. The summed E-state index contributed by atoms with van der Waals surface area (Å²) in [6.07, 6.45) is 3.68. The summed E-state index contributed by atoms with van der Waals surface area (Å²) in [6, 6.07) is 0.335. The van der Waals surface area contributed by atoms with Crippen LogP contribution in [-0.4, -0.2) is 48.6 Å². The van der Waals surface area contributed by atoms with Gasteiger partial charge in [0.15, 0.2) is 0 Å². The summed E-state index contributed by atoms with van der Waals surface area (Å²) >= 11 is 1.83. The number of carbonyl (C=O) groups excluding carboxylic acids is 1. The molecule has 0 aromatic rings. The van der Waals surface area contributed by atoms with Gasteiger partial charge in [-0.2, -0.15) is 11.8 Å². The highest BCUT2D eigenvalue weighted by Crippen LogP contribution is 2.12. The summed E-state index contributed by atoms with van der Waals surface area (Å²) in [5.74, 6) is 1.03. The smallest absolute Gasteiger partial charge is 0.307 e. The van der Waals surface area contributed by atoms with Gasteiger partial charge in [-0.25, -0.2) is 0 Å². The van der Waals surface area contributed by atoms with Crippen molar-refractivity contribution >= 4 is 17.7 Å². The Bertz CT molecular complexity index is 184. The number of carbonyl (C=O) groups is 1. The van der Waals surface area contributed by atoms with Crippen LogP contribution in [0.4, 0.5) is 0 Å². The fourth-order valence-corrected chi connectivity index (χ4v) is 2.33. The minimum Gasteiger partial charge on any atom is -0.466 e. The second kappa shape index (κ2) is 9.97. The van der Waals surface area contributed by atoms with Gasteiger partial charge >= 0.3 is 5.97 Å². The van der Waals surface area contributed by atoms with Crippen molar-refractivity contribution in [1.29, 1.82) is 0 Å². The van der Waals surface area contributed by atoms with Gasteiger partial charge in [0.05, 0.1) is 13.0 Å². The molecule has 0 aliphatic heterocycles. The second-order valence-corrected chi connectivity index (χ2v) is 4.65. The van der Waals surface area contributed by atoms with Crippen LogP contribution in [0.25, 0.3) is 0 Å². The zero-order valence-corrected chi connectivity index (χ0v) is 11.8. The summed E-state index contributed by atoms with van der Waals surface area (Å²) in [5.41, 5.74) is 0. The minimum absolute atomic E-state index is 0.0690. The zero-order chi connectivity index (χ0) is 12.4. The first-order valence-corrected chi connectivity index (χ1v) is 7.47. The van der Waals surface area contributed by atoms with Crippen LogP contribution in [0.1, 0.15) is 33.6 Å². The highest BCUT2D eigenvalue weighted by atomic mass is 32.2. The molecule has 0 amide bonds. The first-order chi connectivity index (χ1) is 7.69. The van der Waals surface area contributed by atoms with Gasteiger partial charge in [-0.05, 0) is 38.4 Å². The fourth-order valence-electron chi connectivity index (χ4n) is 1.82. The number of ether oxygens (including phenoxy) is 1. The van der Waals surface area contributed by atoms with E-state index in [2.05, 4.69) is 25.0 Å². The van der Waals surface area contributed by atoms with E-state index in [9.17, 15) is 4.79 Å². The lowest BCUT2D eigenvalue weighted by atomic mass is 10.1. The SMILES string of the molecule is CCOC(=O)CC(CCSC)N(CC)CC. The normalized spacial score (nSPS) is 12.8. The molecule has 0 radical (unpaired) electrons. The molecule has 0 N–H and O–H groups in total. The summed E-state index contributed by atoms with van der Waals surface area (Å²) in [5, 5.41) is 0. The predicted molar refractivity (Wildman–Crippen MR) is 71.0 cm³/mol. The van der Waals surface area contributed by atoms with Crippen molar-refractivity contribution in [3.8, 4) is 0 Å². The van der Waals surface area contributed by atoms with E-state index in [4.69, 9.17) is 4.74 Å². The van der Waals surface area contributed by atoms with Crippen molar-refractivity contribution in [1.82, 2.24) is 4.90 Å². The molecule has 0 spiro atoms. The summed E-state index contributed by atoms with van der Waals surface area (Å²) < 4.78 is 5.02. The molecule has 4 heteroatoms. The molecule has 0 fully saturated rings. The predicted octanol–water partition coefficient (Wildman–Crippen LogP) is 2.40. The number of esters is 1. The molecule has 0 rings (SSSR count). The molecule has 0 heterocycles. The fraction of sp³-hybridized carbons (Fsp3) is 0.917. The van der Waals surface area contributed by atoms with Crippen LogP contribution in [0.2, 0.25) is 0 Å². The van der Waals surface area contributed by atoms with Crippen LogP contribution >= 0.6 is 11.8 Å². The van der Waals surface area contributed by atoms with E-state index < -0.39 is 0 Å². The van der Waals surface area contributed by atoms with Crippen molar-refractivity contribution in [2.45, 2.75) is 39.7 Å². The molecule has 1 unspecified atom stereocenters. The maximum absolute atomic E-state index is 11.5. The van der Waals surface area contributed by atoms with Gasteiger partial charge in [-0.3, -0.25) is 4.79 Å². The van der Waals surface area contributed by atoms with Crippen LogP contribution < -0.4 is 0 Å². The van der Waals surface area contributed by atoms with Crippen LogP contribution in [0, 0.1) is 0 Å². The molecule has 0 saturated carbocycles. The Balaban J connectivity index is 4.22. The highest BCUT2D eigenvalue weighted by molar-refractivity contribution is 7.98. The molecule has 3 nitrogen and oxygen atoms in total. The Morgan fingerprint density at radius 1 is 1.31 bits per heavy atom. The van der Waals surface area contributed by atoms with E-state index in [-0.39, 0.29) is 5.97 Å². The van der Waals surface area contributed by atoms with E-state index in [1.54, 1.807) is 0 Å². The van der Waals surface area contributed by atoms with Crippen molar-refractivity contribution in [2.24, 2.45) is 0 Å². The number of nitrogens with zero attached hydrogens (tertiary/aromatic N) is 1. The zero-order valence-electron chi connectivity index (χ0n) is 11.0. The van der Waals surface area contributed by atoms with Crippen LogP contribution in [0.3, 0.4) is 0 Å². The van der Waals surface area contributed by atoms with Crippen molar-refractivity contribution in [3.63, 3.8) is 0 Å². The maximum Gasteiger partial charge on any atom is 0.307 e. The molecule has 0 saturated heterocycles. The summed E-state index contributed by atoms with van der Waals surface area (Å²) in [4.78, 5) is 13.8. The van der Waals surface area contributed by atoms with Crippen molar-refractivity contribution in [3.05, 3.63) is 0 Å². The van der Waals surface area contributed by atoms with Crippen LogP contribution in [-0.2, 0) is 9.53 Å². The monoisotopic (exact) mass is 247 g/mol. The standard InChI is InChI=1S/C12H25NO2S/c1-5-13(6-2)11(8-9-16-4)10-12(14)15-7-3/h11H,5-10H2,1-4H3. The average molecular weight is 247 g/mol. The van der Waals surface area contributed by atoms with Gasteiger partial charge in [0.25, 0.3) is 0 Å². The van der Waals surface area contributed by atoms with Gasteiger partial charge in [0.2, 0.25) is 0 Å². The third-order valence-electron chi connectivity index (χ3n) is 2.69. The Hall–Kier alpha value is -0.220. The summed E-state index contributed by atoms with van der Waals surface area (Å²) in [7, 11) is 0. The van der Waals surface area contributed by atoms with Gasteiger partial charge in [-0.15, -0.1) is 0 Å². The van der Waals surface area contributed by atoms with Gasteiger partial charge in [-0.1, -0.05) is 13.8 Å².